The molecule has 6 nitrogen and oxygen atoms in total. The Bertz CT molecular complexity index is 871. The van der Waals surface area contributed by atoms with Crippen molar-refractivity contribution in [2.45, 2.75) is 38.7 Å². The van der Waals surface area contributed by atoms with Gasteiger partial charge >= 0.3 is 12.6 Å². The Labute approximate surface area is 169 Å². The highest BCUT2D eigenvalue weighted by Crippen LogP contribution is 2.29. The van der Waals surface area contributed by atoms with Gasteiger partial charge in [-0.1, -0.05) is 6.42 Å². The van der Waals surface area contributed by atoms with Crippen molar-refractivity contribution >= 4 is 29.1 Å². The predicted octanol–water partition coefficient (Wildman–Crippen LogP) is 3.73. The Morgan fingerprint density at radius 1 is 1.07 bits per heavy atom. The number of hydrogen-bond donors (Lipinski definition) is 1. The summed E-state index contributed by atoms with van der Waals surface area (Å²) in [6.07, 6.45) is 5.26. The number of alkyl halides is 2. The minimum atomic E-state index is -2.97. The number of halogens is 2. The lowest BCUT2D eigenvalue weighted by Gasteiger charge is -2.07. The number of imide groups is 1. The number of benzene rings is 1. The minimum Gasteiger partial charge on any atom is -0.451 e. The van der Waals surface area contributed by atoms with Crippen molar-refractivity contribution in [3.63, 3.8) is 0 Å². The van der Waals surface area contributed by atoms with Gasteiger partial charge in [-0.05, 0) is 61.6 Å². The summed E-state index contributed by atoms with van der Waals surface area (Å²) in [5, 5.41) is 2.08. The summed E-state index contributed by atoms with van der Waals surface area (Å²) >= 11 is 1.39. The molecule has 3 rings (SSSR count). The number of aryl methyl sites for hydroxylation is 2. The van der Waals surface area contributed by atoms with Gasteiger partial charge in [-0.15, -0.1) is 11.3 Å². The number of carbonyl (C=O) groups is 3. The van der Waals surface area contributed by atoms with Crippen molar-refractivity contribution in [3.05, 3.63) is 51.2 Å². The van der Waals surface area contributed by atoms with Gasteiger partial charge in [0.15, 0.2) is 6.61 Å². The van der Waals surface area contributed by atoms with Crippen LogP contribution in [0.4, 0.5) is 8.78 Å². The maximum atomic E-state index is 12.2. The molecule has 1 heterocycles. The number of hydrogen-bond acceptors (Lipinski definition) is 6. The van der Waals surface area contributed by atoms with Crippen molar-refractivity contribution in [1.82, 2.24) is 5.32 Å². The van der Waals surface area contributed by atoms with E-state index in [1.807, 2.05) is 6.07 Å². The van der Waals surface area contributed by atoms with Gasteiger partial charge < -0.3 is 9.47 Å². The highest BCUT2D eigenvalue weighted by Gasteiger charge is 2.19. The average Bonchev–Trinajstić information content (AvgIpc) is 2.97. The van der Waals surface area contributed by atoms with E-state index < -0.39 is 31.0 Å². The van der Waals surface area contributed by atoms with Crippen LogP contribution in [0.15, 0.2) is 30.3 Å². The predicted molar refractivity (Wildman–Crippen MR) is 101 cm³/mol. The molecular formula is C20H19F2NO5S. The van der Waals surface area contributed by atoms with E-state index >= 15 is 0 Å². The first-order valence-electron chi connectivity index (χ1n) is 9.10. The molecule has 0 unspecified atom stereocenters. The lowest BCUT2D eigenvalue weighted by molar-refractivity contribution is -0.123. The second kappa shape index (κ2) is 9.60. The van der Waals surface area contributed by atoms with Gasteiger partial charge in [0.05, 0.1) is 0 Å². The molecule has 0 saturated heterocycles. The van der Waals surface area contributed by atoms with Crippen LogP contribution in [-0.4, -0.2) is 31.0 Å². The standard InChI is InChI=1S/C20H19F2NO5S/c21-20(22)28-14-8-6-12(7-9-14)18(25)23-17(24)11-27-19(26)16-10-13-4-2-1-3-5-15(13)29-16/h6-10,20H,1-5,11H2,(H,23,24,25). The molecule has 0 atom stereocenters. The third kappa shape index (κ3) is 5.83. The Kier molecular flexibility index (Phi) is 6.92. The quantitative estimate of drug-likeness (QED) is 0.566. The van der Waals surface area contributed by atoms with Crippen LogP contribution in [-0.2, 0) is 22.4 Å². The van der Waals surface area contributed by atoms with Crippen molar-refractivity contribution < 1.29 is 32.6 Å². The fraction of sp³-hybridized carbons (Fsp3) is 0.350. The zero-order valence-corrected chi connectivity index (χ0v) is 16.2. The smallest absolute Gasteiger partial charge is 0.387 e. The normalized spacial score (nSPS) is 13.3. The zero-order valence-electron chi connectivity index (χ0n) is 15.4. The Hall–Kier alpha value is -2.81. The van der Waals surface area contributed by atoms with Crippen LogP contribution in [0.25, 0.3) is 0 Å². The van der Waals surface area contributed by atoms with E-state index in [9.17, 15) is 23.2 Å². The van der Waals surface area contributed by atoms with Gasteiger partial charge in [-0.3, -0.25) is 14.9 Å². The largest absolute Gasteiger partial charge is 0.451 e. The Morgan fingerprint density at radius 2 is 1.79 bits per heavy atom. The van der Waals surface area contributed by atoms with Gasteiger partial charge in [0.25, 0.3) is 11.8 Å². The zero-order chi connectivity index (χ0) is 20.8. The molecule has 154 valence electrons. The molecule has 1 aliphatic carbocycles. The number of thiophene rings is 1. The first-order valence-corrected chi connectivity index (χ1v) is 9.92. The third-order valence-corrected chi connectivity index (χ3v) is 5.59. The van der Waals surface area contributed by atoms with Crippen LogP contribution in [0, 0.1) is 0 Å². The van der Waals surface area contributed by atoms with E-state index in [-0.39, 0.29) is 11.3 Å². The first-order chi connectivity index (χ1) is 13.9. The van der Waals surface area contributed by atoms with E-state index in [4.69, 9.17) is 4.74 Å². The molecule has 0 radical (unpaired) electrons. The maximum Gasteiger partial charge on any atom is 0.387 e. The number of ether oxygens (including phenoxy) is 2. The Balaban J connectivity index is 1.49. The number of amides is 2. The molecule has 2 amide bonds. The molecular weight excluding hydrogens is 404 g/mol. The summed E-state index contributed by atoms with van der Waals surface area (Å²) in [5.41, 5.74) is 1.24. The lowest BCUT2D eigenvalue weighted by atomic mass is 10.1. The summed E-state index contributed by atoms with van der Waals surface area (Å²) in [4.78, 5) is 37.7. The van der Waals surface area contributed by atoms with Gasteiger partial charge in [0.2, 0.25) is 0 Å². The SMILES string of the molecule is O=C(COC(=O)c1cc2c(s1)CCCCC2)NC(=O)c1ccc(OC(F)F)cc1. The van der Waals surface area contributed by atoms with E-state index in [0.29, 0.717) is 4.88 Å². The summed E-state index contributed by atoms with van der Waals surface area (Å²) in [6.45, 7) is -3.57. The van der Waals surface area contributed by atoms with E-state index in [1.54, 1.807) is 0 Å². The van der Waals surface area contributed by atoms with Crippen LogP contribution >= 0.6 is 11.3 Å². The molecule has 0 aliphatic heterocycles. The number of fused-ring (bicyclic) bond motifs is 1. The molecule has 2 aromatic rings. The minimum absolute atomic E-state index is 0.0771. The van der Waals surface area contributed by atoms with Gasteiger partial charge in [-0.2, -0.15) is 8.78 Å². The molecule has 0 bridgehead atoms. The van der Waals surface area contributed by atoms with E-state index in [2.05, 4.69) is 10.1 Å². The monoisotopic (exact) mass is 423 g/mol. The maximum absolute atomic E-state index is 12.2. The fourth-order valence-corrected chi connectivity index (χ4v) is 4.14. The van der Waals surface area contributed by atoms with Crippen molar-refractivity contribution in [3.8, 4) is 5.75 Å². The molecule has 1 aromatic heterocycles. The highest BCUT2D eigenvalue weighted by atomic mass is 32.1. The number of carbonyl (C=O) groups excluding carboxylic acids is 3. The topological polar surface area (TPSA) is 81.7 Å². The summed E-state index contributed by atoms with van der Waals surface area (Å²) in [6, 6.07) is 6.68. The molecule has 9 heteroatoms. The van der Waals surface area contributed by atoms with Crippen LogP contribution in [0.5, 0.6) is 5.75 Å². The molecule has 29 heavy (non-hydrogen) atoms. The van der Waals surface area contributed by atoms with E-state index in [1.165, 1.54) is 52.5 Å². The van der Waals surface area contributed by atoms with E-state index in [0.717, 1.165) is 25.7 Å². The molecule has 1 N–H and O–H groups in total. The second-order valence-electron chi connectivity index (χ2n) is 6.48. The third-order valence-electron chi connectivity index (χ3n) is 4.38. The molecule has 1 aliphatic rings. The van der Waals surface area contributed by atoms with Gasteiger partial charge in [0, 0.05) is 10.4 Å². The second-order valence-corrected chi connectivity index (χ2v) is 7.61. The van der Waals surface area contributed by atoms with Crippen LogP contribution < -0.4 is 10.1 Å². The summed E-state index contributed by atoms with van der Waals surface area (Å²) in [5.74, 6) is -2.22. The fourth-order valence-electron chi connectivity index (χ4n) is 2.99. The van der Waals surface area contributed by atoms with Crippen LogP contribution in [0.3, 0.4) is 0 Å². The Morgan fingerprint density at radius 3 is 2.52 bits per heavy atom. The van der Waals surface area contributed by atoms with Crippen LogP contribution in [0.2, 0.25) is 0 Å². The molecule has 0 spiro atoms. The van der Waals surface area contributed by atoms with Gasteiger partial charge in [0.1, 0.15) is 10.6 Å². The van der Waals surface area contributed by atoms with Crippen molar-refractivity contribution in [1.29, 1.82) is 0 Å². The van der Waals surface area contributed by atoms with Crippen LogP contribution in [0.1, 0.15) is 49.7 Å². The summed E-state index contributed by atoms with van der Waals surface area (Å²) in [7, 11) is 0. The number of nitrogens with one attached hydrogen (secondary N) is 1. The molecule has 1 aromatic carbocycles. The highest BCUT2D eigenvalue weighted by molar-refractivity contribution is 7.14. The van der Waals surface area contributed by atoms with Crippen molar-refractivity contribution in [2.75, 3.05) is 6.61 Å². The molecule has 0 saturated carbocycles. The number of rotatable bonds is 6. The average molecular weight is 423 g/mol. The van der Waals surface area contributed by atoms with Gasteiger partial charge in [-0.25, -0.2) is 4.79 Å². The number of esters is 1. The first kappa shape index (κ1) is 20.9. The summed E-state index contributed by atoms with van der Waals surface area (Å²) < 4.78 is 33.4. The van der Waals surface area contributed by atoms with Crippen molar-refractivity contribution in [2.24, 2.45) is 0 Å². The lowest BCUT2D eigenvalue weighted by Crippen LogP contribution is -2.34. The molecule has 0 fully saturated rings.